The summed E-state index contributed by atoms with van der Waals surface area (Å²) < 4.78 is 11.7. The van der Waals surface area contributed by atoms with Crippen molar-refractivity contribution in [2.45, 2.75) is 34.2 Å². The van der Waals surface area contributed by atoms with Gasteiger partial charge < -0.3 is 9.47 Å². The topological polar surface area (TPSA) is 18.5 Å². The lowest BCUT2D eigenvalue weighted by Crippen LogP contribution is -2.11. The van der Waals surface area contributed by atoms with E-state index in [0.717, 1.165) is 23.7 Å². The molecule has 3 saturated heterocycles. The summed E-state index contributed by atoms with van der Waals surface area (Å²) in [5.41, 5.74) is 0.811. The van der Waals surface area contributed by atoms with E-state index in [9.17, 15) is 0 Å². The predicted molar refractivity (Wildman–Crippen MR) is 68.8 cm³/mol. The van der Waals surface area contributed by atoms with Gasteiger partial charge in [0.25, 0.3) is 0 Å². The second-order valence-electron chi connectivity index (χ2n) is 4.15. The fourth-order valence-electron chi connectivity index (χ4n) is 1.58. The molecule has 0 amide bonds. The first-order chi connectivity index (χ1) is 7.40. The molecular formula is C10H16O2S3. The van der Waals surface area contributed by atoms with Crippen LogP contribution in [0.2, 0.25) is 0 Å². The zero-order valence-corrected chi connectivity index (χ0v) is 11.0. The highest BCUT2D eigenvalue weighted by Crippen LogP contribution is 2.39. The van der Waals surface area contributed by atoms with Crippen LogP contribution in [0.4, 0.5) is 0 Å². The normalized spacial score (nSPS) is 43.2. The monoisotopic (exact) mass is 264 g/mol. The molecule has 0 spiro atoms. The van der Waals surface area contributed by atoms with Gasteiger partial charge >= 0.3 is 0 Å². The Kier molecular flexibility index (Phi) is 3.76. The first-order valence-corrected chi connectivity index (χ1v) is 8.56. The first kappa shape index (κ1) is 11.1. The third-order valence-electron chi connectivity index (χ3n) is 2.68. The summed E-state index contributed by atoms with van der Waals surface area (Å²) in [6, 6.07) is 0. The maximum Gasteiger partial charge on any atom is 0.105 e. The summed E-state index contributed by atoms with van der Waals surface area (Å²) in [5.74, 6) is 2.60. The van der Waals surface area contributed by atoms with Gasteiger partial charge in [0.1, 0.15) is 10.9 Å². The van der Waals surface area contributed by atoms with Gasteiger partial charge in [0, 0.05) is 22.0 Å². The number of ether oxygens (including phenoxy) is 2. The van der Waals surface area contributed by atoms with E-state index in [1.54, 1.807) is 0 Å². The van der Waals surface area contributed by atoms with Gasteiger partial charge in [0.2, 0.25) is 0 Å². The molecule has 0 aromatic carbocycles. The van der Waals surface area contributed by atoms with E-state index in [1.165, 1.54) is 24.3 Å². The van der Waals surface area contributed by atoms with E-state index in [4.69, 9.17) is 9.47 Å². The van der Waals surface area contributed by atoms with E-state index in [0.29, 0.717) is 10.9 Å². The van der Waals surface area contributed by atoms with Gasteiger partial charge in [0.15, 0.2) is 0 Å². The van der Waals surface area contributed by atoms with Crippen molar-refractivity contribution in [1.29, 1.82) is 0 Å². The van der Waals surface area contributed by atoms with Crippen molar-refractivity contribution >= 4 is 35.3 Å². The van der Waals surface area contributed by atoms with Crippen molar-refractivity contribution in [3.63, 3.8) is 0 Å². The van der Waals surface area contributed by atoms with E-state index in [-0.39, 0.29) is 0 Å². The SMILES string of the molecule is C(OC1CCC(OCC2CS2)S1)C1CS1. The van der Waals surface area contributed by atoms with Crippen LogP contribution in [0, 0.1) is 0 Å². The minimum absolute atomic E-state index is 0.406. The van der Waals surface area contributed by atoms with E-state index in [2.05, 4.69) is 0 Å². The van der Waals surface area contributed by atoms with Crippen LogP contribution in [-0.2, 0) is 9.47 Å². The molecule has 0 saturated carbocycles. The van der Waals surface area contributed by atoms with Crippen molar-refractivity contribution in [1.82, 2.24) is 0 Å². The molecule has 15 heavy (non-hydrogen) atoms. The summed E-state index contributed by atoms with van der Waals surface area (Å²) in [6.07, 6.45) is 2.34. The summed E-state index contributed by atoms with van der Waals surface area (Å²) in [5, 5.41) is 1.60. The highest BCUT2D eigenvalue weighted by molar-refractivity contribution is 8.07. The van der Waals surface area contributed by atoms with Crippen LogP contribution < -0.4 is 0 Å². The summed E-state index contributed by atoms with van der Waals surface area (Å²) in [4.78, 5) is 0. The Morgan fingerprint density at radius 3 is 1.73 bits per heavy atom. The lowest BCUT2D eigenvalue weighted by Gasteiger charge is -2.12. The Labute approximate surface area is 104 Å². The van der Waals surface area contributed by atoms with Crippen molar-refractivity contribution in [3.8, 4) is 0 Å². The molecule has 4 atom stereocenters. The molecule has 0 radical (unpaired) electrons. The quantitative estimate of drug-likeness (QED) is 0.684. The summed E-state index contributed by atoms with van der Waals surface area (Å²) >= 11 is 5.90. The second kappa shape index (κ2) is 5.08. The van der Waals surface area contributed by atoms with Crippen LogP contribution in [-0.4, -0.2) is 46.1 Å². The van der Waals surface area contributed by atoms with Gasteiger partial charge in [-0.25, -0.2) is 0 Å². The van der Waals surface area contributed by atoms with Crippen LogP contribution in [0.3, 0.4) is 0 Å². The fraction of sp³-hybridized carbons (Fsp3) is 1.00. The van der Waals surface area contributed by atoms with Crippen LogP contribution in [0.15, 0.2) is 0 Å². The highest BCUT2D eigenvalue weighted by Gasteiger charge is 2.31. The van der Waals surface area contributed by atoms with E-state index >= 15 is 0 Å². The minimum atomic E-state index is 0.406. The average molecular weight is 264 g/mol. The molecule has 3 aliphatic heterocycles. The van der Waals surface area contributed by atoms with Crippen molar-refractivity contribution in [2.24, 2.45) is 0 Å². The number of rotatable bonds is 6. The molecule has 3 heterocycles. The number of hydrogen-bond acceptors (Lipinski definition) is 5. The van der Waals surface area contributed by atoms with Crippen molar-refractivity contribution in [2.75, 3.05) is 24.7 Å². The Morgan fingerprint density at radius 1 is 0.867 bits per heavy atom. The summed E-state index contributed by atoms with van der Waals surface area (Å²) in [6.45, 7) is 1.90. The van der Waals surface area contributed by atoms with Crippen molar-refractivity contribution < 1.29 is 9.47 Å². The largest absolute Gasteiger partial charge is 0.366 e. The Morgan fingerprint density at radius 2 is 1.33 bits per heavy atom. The molecule has 0 aromatic heterocycles. The van der Waals surface area contributed by atoms with Gasteiger partial charge in [-0.2, -0.15) is 23.5 Å². The number of thioether (sulfide) groups is 3. The molecule has 0 aliphatic carbocycles. The minimum Gasteiger partial charge on any atom is -0.366 e. The van der Waals surface area contributed by atoms with Crippen LogP contribution >= 0.6 is 35.3 Å². The standard InChI is InChI=1S/C10H16O2S3/c1-2-10(12-4-8-6-14-8)15-9(1)11-3-7-5-13-7/h7-10H,1-6H2. The molecule has 0 N–H and O–H groups in total. The fourth-order valence-corrected chi connectivity index (χ4v) is 3.59. The van der Waals surface area contributed by atoms with Gasteiger partial charge in [0.05, 0.1) is 13.2 Å². The smallest absolute Gasteiger partial charge is 0.105 e. The maximum atomic E-state index is 5.84. The zero-order valence-electron chi connectivity index (χ0n) is 8.59. The third-order valence-corrected chi connectivity index (χ3v) is 5.91. The number of hydrogen-bond donors (Lipinski definition) is 0. The Bertz CT molecular complexity index is 197. The Balaban J connectivity index is 1.30. The van der Waals surface area contributed by atoms with Gasteiger partial charge in [-0.1, -0.05) is 11.8 Å². The molecule has 0 aromatic rings. The van der Waals surface area contributed by atoms with Gasteiger partial charge in [-0.15, -0.1) is 0 Å². The van der Waals surface area contributed by atoms with E-state index < -0.39 is 0 Å². The molecule has 3 fully saturated rings. The second-order valence-corrected chi connectivity index (χ2v) is 8.14. The van der Waals surface area contributed by atoms with Crippen LogP contribution in [0.25, 0.3) is 0 Å². The zero-order chi connectivity index (χ0) is 10.1. The van der Waals surface area contributed by atoms with Crippen LogP contribution in [0.5, 0.6) is 0 Å². The van der Waals surface area contributed by atoms with Crippen molar-refractivity contribution in [3.05, 3.63) is 0 Å². The maximum absolute atomic E-state index is 5.84. The molecule has 3 aliphatic rings. The highest BCUT2D eigenvalue weighted by atomic mass is 32.2. The lowest BCUT2D eigenvalue weighted by atomic mass is 10.3. The van der Waals surface area contributed by atoms with Gasteiger partial charge in [-0.05, 0) is 12.8 Å². The van der Waals surface area contributed by atoms with Crippen LogP contribution in [0.1, 0.15) is 12.8 Å². The predicted octanol–water partition coefficient (Wildman–Crippen LogP) is 2.43. The third kappa shape index (κ3) is 3.73. The summed E-state index contributed by atoms with van der Waals surface area (Å²) in [7, 11) is 0. The Hall–Kier alpha value is 0.970. The molecule has 5 heteroatoms. The average Bonchev–Trinajstić information content (AvgIpc) is 3.14. The molecule has 2 nitrogen and oxygen atoms in total. The van der Waals surface area contributed by atoms with Gasteiger partial charge in [-0.3, -0.25) is 0 Å². The molecule has 0 bridgehead atoms. The molecule has 86 valence electrons. The first-order valence-electron chi connectivity index (χ1n) is 5.52. The molecule has 3 rings (SSSR count). The molecule has 4 unspecified atom stereocenters. The molecular weight excluding hydrogens is 248 g/mol. The lowest BCUT2D eigenvalue weighted by molar-refractivity contribution is 0.106. The van der Waals surface area contributed by atoms with E-state index in [1.807, 2.05) is 35.3 Å².